The maximum Gasteiger partial charge on any atom is 0.330 e. The molecule has 0 spiro atoms. The fourth-order valence-corrected chi connectivity index (χ4v) is 5.55. The van der Waals surface area contributed by atoms with Gasteiger partial charge in [0.1, 0.15) is 0 Å². The molecule has 0 aliphatic rings. The van der Waals surface area contributed by atoms with Gasteiger partial charge in [0, 0.05) is 18.4 Å². The van der Waals surface area contributed by atoms with E-state index in [1.54, 1.807) is 0 Å². The molecule has 0 aromatic rings. The molecule has 0 saturated heterocycles. The topological polar surface area (TPSA) is 35.5 Å². The van der Waals surface area contributed by atoms with Gasteiger partial charge in [-0.2, -0.15) is 0 Å². The molecule has 0 aliphatic heterocycles. The Morgan fingerprint density at radius 1 is 1.26 bits per heavy atom. The maximum atomic E-state index is 10.8. The van der Waals surface area contributed by atoms with Crippen molar-refractivity contribution in [1.82, 2.24) is 0 Å². The Bertz CT molecular complexity index is 244. The number of rotatable bonds is 12. The van der Waals surface area contributed by atoms with Crippen LogP contribution in [-0.4, -0.2) is 33.7 Å². The number of hydrogen-bond acceptors (Lipinski definition) is 3. The van der Waals surface area contributed by atoms with Gasteiger partial charge in [0.05, 0.1) is 15.4 Å². The van der Waals surface area contributed by atoms with Crippen LogP contribution in [0, 0.1) is 0 Å². The van der Waals surface area contributed by atoms with Crippen LogP contribution in [0.1, 0.15) is 46.5 Å². The van der Waals surface area contributed by atoms with E-state index in [0.717, 1.165) is 19.4 Å². The monoisotopic (exact) mass is 286 g/mol. The van der Waals surface area contributed by atoms with Gasteiger partial charge in [0.25, 0.3) is 0 Å². The molecule has 4 heteroatoms. The average molecular weight is 286 g/mol. The van der Waals surface area contributed by atoms with Crippen LogP contribution in [0.25, 0.3) is 0 Å². The molecular formula is C15H30O3Si. The first kappa shape index (κ1) is 18.4. The standard InChI is InChI=1S/C15H30O3Si/c1-5-12-19(14(4)17-7-3)13-10-8-9-11-18-15(16)6-2/h6,14,19H,2,5,7-13H2,1,3-4H3. The predicted octanol–water partition coefficient (Wildman–Crippen LogP) is 3.49. The summed E-state index contributed by atoms with van der Waals surface area (Å²) in [6.07, 6.45) is 5.81. The highest BCUT2D eigenvalue weighted by Crippen LogP contribution is 2.15. The Labute approximate surface area is 120 Å². The van der Waals surface area contributed by atoms with E-state index in [-0.39, 0.29) is 5.97 Å². The van der Waals surface area contributed by atoms with Crippen LogP contribution in [0.15, 0.2) is 12.7 Å². The van der Waals surface area contributed by atoms with Gasteiger partial charge in [-0.05, 0) is 20.3 Å². The van der Waals surface area contributed by atoms with Crippen LogP contribution >= 0.6 is 0 Å². The highest BCUT2D eigenvalue weighted by Gasteiger charge is 2.17. The summed E-state index contributed by atoms with van der Waals surface area (Å²) in [6.45, 7) is 11.3. The lowest BCUT2D eigenvalue weighted by Crippen LogP contribution is -2.30. The summed E-state index contributed by atoms with van der Waals surface area (Å²) in [5.41, 5.74) is 0.489. The lowest BCUT2D eigenvalue weighted by Gasteiger charge is -2.22. The molecule has 2 atom stereocenters. The Hall–Kier alpha value is -0.613. The molecule has 0 heterocycles. The zero-order valence-electron chi connectivity index (χ0n) is 12.8. The fourth-order valence-electron chi connectivity index (χ4n) is 2.30. The van der Waals surface area contributed by atoms with E-state index in [0.29, 0.717) is 12.3 Å². The molecule has 0 aromatic carbocycles. The molecule has 2 unspecified atom stereocenters. The molecule has 3 nitrogen and oxygen atoms in total. The minimum absolute atomic E-state index is 0.316. The van der Waals surface area contributed by atoms with Crippen molar-refractivity contribution >= 4 is 14.8 Å². The van der Waals surface area contributed by atoms with Crippen LogP contribution in [0.3, 0.4) is 0 Å². The number of carbonyl (C=O) groups is 1. The summed E-state index contributed by atoms with van der Waals surface area (Å²) in [5.74, 6) is -0.316. The Morgan fingerprint density at radius 2 is 2.00 bits per heavy atom. The summed E-state index contributed by atoms with van der Waals surface area (Å²) in [5, 5.41) is 0. The second-order valence-electron chi connectivity index (χ2n) is 4.93. The van der Waals surface area contributed by atoms with Crippen LogP contribution in [-0.2, 0) is 14.3 Å². The Balaban J connectivity index is 3.69. The molecule has 0 rings (SSSR count). The molecule has 0 saturated carbocycles. The van der Waals surface area contributed by atoms with E-state index in [1.807, 2.05) is 0 Å². The van der Waals surface area contributed by atoms with E-state index in [9.17, 15) is 4.79 Å². The number of esters is 1. The third-order valence-corrected chi connectivity index (χ3v) is 7.37. The van der Waals surface area contributed by atoms with Crippen molar-refractivity contribution < 1.29 is 14.3 Å². The molecule has 19 heavy (non-hydrogen) atoms. The largest absolute Gasteiger partial charge is 0.463 e. The number of carbonyl (C=O) groups excluding carboxylic acids is 1. The van der Waals surface area contributed by atoms with Crippen LogP contribution in [0.4, 0.5) is 0 Å². The van der Waals surface area contributed by atoms with Crippen molar-refractivity contribution in [2.24, 2.45) is 0 Å². The summed E-state index contributed by atoms with van der Waals surface area (Å²) in [7, 11) is -0.769. The summed E-state index contributed by atoms with van der Waals surface area (Å²) in [4.78, 5) is 10.8. The third-order valence-electron chi connectivity index (χ3n) is 3.38. The smallest absolute Gasteiger partial charge is 0.330 e. The first-order valence-corrected chi connectivity index (χ1v) is 9.86. The molecule has 0 bridgehead atoms. The van der Waals surface area contributed by atoms with E-state index in [4.69, 9.17) is 9.47 Å². The molecule has 0 fully saturated rings. The zero-order valence-corrected chi connectivity index (χ0v) is 14.0. The minimum Gasteiger partial charge on any atom is -0.463 e. The Morgan fingerprint density at radius 3 is 2.58 bits per heavy atom. The summed E-state index contributed by atoms with van der Waals surface area (Å²) < 4.78 is 10.7. The fraction of sp³-hybridized carbons (Fsp3) is 0.800. The van der Waals surface area contributed by atoms with Gasteiger partial charge in [-0.3, -0.25) is 0 Å². The van der Waals surface area contributed by atoms with E-state index in [1.165, 1.54) is 31.0 Å². The molecule has 112 valence electrons. The lowest BCUT2D eigenvalue weighted by atomic mass is 10.3. The SMILES string of the molecule is C=CC(=O)OCCCCC[SiH](CCC)C(C)OCC. The number of hydrogen-bond donors (Lipinski definition) is 0. The van der Waals surface area contributed by atoms with E-state index >= 15 is 0 Å². The average Bonchev–Trinajstić information content (AvgIpc) is 2.41. The molecule has 0 amide bonds. The van der Waals surface area contributed by atoms with Gasteiger partial charge in [0.2, 0.25) is 0 Å². The second kappa shape index (κ2) is 12.4. The van der Waals surface area contributed by atoms with E-state index < -0.39 is 8.80 Å². The van der Waals surface area contributed by atoms with Crippen LogP contribution < -0.4 is 0 Å². The highest BCUT2D eigenvalue weighted by atomic mass is 28.3. The van der Waals surface area contributed by atoms with Crippen LogP contribution in [0.5, 0.6) is 0 Å². The lowest BCUT2D eigenvalue weighted by molar-refractivity contribution is -0.137. The van der Waals surface area contributed by atoms with Gasteiger partial charge < -0.3 is 9.47 Å². The van der Waals surface area contributed by atoms with Crippen LogP contribution in [0.2, 0.25) is 12.1 Å². The predicted molar refractivity (Wildman–Crippen MR) is 83.1 cm³/mol. The summed E-state index contributed by atoms with van der Waals surface area (Å²) >= 11 is 0. The van der Waals surface area contributed by atoms with E-state index in [2.05, 4.69) is 27.4 Å². The van der Waals surface area contributed by atoms with Gasteiger partial charge >= 0.3 is 5.97 Å². The zero-order chi connectivity index (χ0) is 14.5. The van der Waals surface area contributed by atoms with Gasteiger partial charge in [0.15, 0.2) is 0 Å². The first-order chi connectivity index (χ1) is 9.15. The van der Waals surface area contributed by atoms with Crippen molar-refractivity contribution in [3.63, 3.8) is 0 Å². The second-order valence-corrected chi connectivity index (χ2v) is 8.54. The molecular weight excluding hydrogens is 256 g/mol. The van der Waals surface area contributed by atoms with Gasteiger partial charge in [-0.1, -0.05) is 44.9 Å². The normalized spacial score (nSPS) is 13.8. The maximum absolute atomic E-state index is 10.8. The van der Waals surface area contributed by atoms with Crippen molar-refractivity contribution in [3.05, 3.63) is 12.7 Å². The molecule has 0 radical (unpaired) electrons. The number of unbranched alkanes of at least 4 members (excludes halogenated alkanes) is 2. The highest BCUT2D eigenvalue weighted by molar-refractivity contribution is 6.60. The minimum atomic E-state index is -0.769. The molecule has 0 aromatic heterocycles. The quantitative estimate of drug-likeness (QED) is 0.238. The van der Waals surface area contributed by atoms with Crippen molar-refractivity contribution in [2.45, 2.75) is 64.3 Å². The van der Waals surface area contributed by atoms with Gasteiger partial charge in [-0.25, -0.2) is 4.79 Å². The summed E-state index contributed by atoms with van der Waals surface area (Å²) in [6, 6.07) is 2.71. The third kappa shape index (κ3) is 9.90. The van der Waals surface area contributed by atoms with Crippen molar-refractivity contribution in [2.75, 3.05) is 13.2 Å². The Kier molecular flexibility index (Phi) is 12.0. The molecule has 0 N–H and O–H groups in total. The van der Waals surface area contributed by atoms with Gasteiger partial charge in [-0.15, -0.1) is 0 Å². The van der Waals surface area contributed by atoms with Crippen molar-refractivity contribution in [3.8, 4) is 0 Å². The number of ether oxygens (including phenoxy) is 2. The molecule has 0 aliphatic carbocycles. The van der Waals surface area contributed by atoms with Crippen molar-refractivity contribution in [1.29, 1.82) is 0 Å². The first-order valence-electron chi connectivity index (χ1n) is 7.56.